The van der Waals surface area contributed by atoms with E-state index in [-0.39, 0.29) is 10.6 Å². The molecule has 6 heteroatoms. The summed E-state index contributed by atoms with van der Waals surface area (Å²) in [5.41, 5.74) is 0. The highest BCUT2D eigenvalue weighted by molar-refractivity contribution is 8.65. The Hall–Kier alpha value is 0.790. The third-order valence-electron chi connectivity index (χ3n) is 0.0899. The minimum atomic E-state index is -3.96. The van der Waals surface area contributed by atoms with Crippen molar-refractivity contribution in [2.75, 3.05) is 0 Å². The Morgan fingerprint density at radius 1 is 1.67 bits per heavy atom. The maximum absolute atomic E-state index is 9.53. The Balaban J connectivity index is 3.48. The van der Waals surface area contributed by atoms with Gasteiger partial charge in [-0.15, -0.1) is 0 Å². The molecular formula is H2ClO3PS. The molecule has 3 nitrogen and oxygen atoms in total. The zero-order valence-corrected chi connectivity index (χ0v) is 5.00. The first-order valence-electron chi connectivity index (χ1n) is 0.919. The molecule has 6 heavy (non-hydrogen) atoms. The van der Waals surface area contributed by atoms with Crippen LogP contribution in [0.2, 0.25) is 0 Å². The molecule has 0 fully saturated rings. The lowest BCUT2D eigenvalue weighted by atomic mass is 15.8. The number of rotatable bonds is 1. The molecule has 0 rings (SSSR count). The Morgan fingerprint density at radius 3 is 1.83 bits per heavy atom. The van der Waals surface area contributed by atoms with Gasteiger partial charge < -0.3 is 9.79 Å². The van der Waals surface area contributed by atoms with E-state index in [2.05, 4.69) is 10.7 Å². The molecule has 0 aromatic carbocycles. The van der Waals surface area contributed by atoms with E-state index in [1.807, 2.05) is 0 Å². The highest BCUT2D eigenvalue weighted by Gasteiger charge is 2.09. The Kier molecular flexibility index (Phi) is 2.48. The van der Waals surface area contributed by atoms with Crippen molar-refractivity contribution in [2.45, 2.75) is 0 Å². The Labute approximate surface area is 43.1 Å². The smallest absolute Gasteiger partial charge is 0.316 e. The topological polar surface area (TPSA) is 57.5 Å². The number of hydrogen-bond donors (Lipinski definition) is 2. The minimum Gasteiger partial charge on any atom is -0.316 e. The van der Waals surface area contributed by atoms with Gasteiger partial charge in [0.15, 0.2) is 0 Å². The summed E-state index contributed by atoms with van der Waals surface area (Å²) in [4.78, 5) is 15.5. The first-order chi connectivity index (χ1) is 2.56. The second-order valence-electron chi connectivity index (χ2n) is 0.560. The summed E-state index contributed by atoms with van der Waals surface area (Å²) < 4.78 is 9.53. The summed E-state index contributed by atoms with van der Waals surface area (Å²) in [5.74, 6) is 0. The summed E-state index contributed by atoms with van der Waals surface area (Å²) in [5, 5.41) is 0. The fourth-order valence-electron chi connectivity index (χ4n) is 0. The quantitative estimate of drug-likeness (QED) is 0.544. The first-order valence-corrected chi connectivity index (χ1v) is 4.78. The van der Waals surface area contributed by atoms with Crippen LogP contribution in [0.4, 0.5) is 0 Å². The third-order valence-corrected chi connectivity index (χ3v) is 2.43. The van der Waals surface area contributed by atoms with Crippen LogP contribution in [-0.2, 0) is 4.57 Å². The van der Waals surface area contributed by atoms with Gasteiger partial charge in [-0.3, -0.25) is 0 Å². The second-order valence-corrected chi connectivity index (χ2v) is 4.76. The maximum atomic E-state index is 9.53. The van der Waals surface area contributed by atoms with Crippen LogP contribution >= 0.6 is 28.1 Å². The molecule has 2 N–H and O–H groups in total. The first kappa shape index (κ1) is 6.79. The van der Waals surface area contributed by atoms with Gasteiger partial charge in [-0.05, 0) is 10.7 Å². The molecule has 0 aliphatic heterocycles. The fraction of sp³-hybridized carbons (Fsp3) is 0. The van der Waals surface area contributed by atoms with Crippen LogP contribution in [0.5, 0.6) is 0 Å². The van der Waals surface area contributed by atoms with Gasteiger partial charge in [0, 0.05) is 0 Å². The molecule has 0 saturated heterocycles. The standard InChI is InChI=1S/ClH2O3PS/c1-6-5(2,3)4/h(H2,2,3,4). The molecular weight excluding hydrogens is 146 g/mol. The van der Waals surface area contributed by atoms with E-state index in [1.54, 1.807) is 0 Å². The van der Waals surface area contributed by atoms with E-state index >= 15 is 0 Å². The van der Waals surface area contributed by atoms with Crippen LogP contribution < -0.4 is 0 Å². The van der Waals surface area contributed by atoms with Crippen LogP contribution in [0.15, 0.2) is 0 Å². The SMILES string of the molecule is O=P(O)(O)SCl. The van der Waals surface area contributed by atoms with Crippen LogP contribution in [0.1, 0.15) is 0 Å². The summed E-state index contributed by atoms with van der Waals surface area (Å²) in [6.45, 7) is -3.96. The zero-order chi connectivity index (χ0) is 5.21. The van der Waals surface area contributed by atoms with E-state index in [0.717, 1.165) is 0 Å². The minimum absolute atomic E-state index is 0.0208. The van der Waals surface area contributed by atoms with Crippen molar-refractivity contribution < 1.29 is 14.4 Å². The molecule has 0 heterocycles. The van der Waals surface area contributed by atoms with Crippen molar-refractivity contribution in [3.63, 3.8) is 0 Å². The Bertz CT molecular complexity index is 74.9. The lowest BCUT2D eigenvalue weighted by Crippen LogP contribution is -1.58. The molecule has 0 aromatic heterocycles. The average molecular weight is 149 g/mol. The lowest BCUT2D eigenvalue weighted by molar-refractivity contribution is 0.397. The summed E-state index contributed by atoms with van der Waals surface area (Å²) in [6, 6.07) is 0. The molecule has 0 saturated carbocycles. The van der Waals surface area contributed by atoms with Crippen LogP contribution in [0, 0.1) is 0 Å². The largest absolute Gasteiger partial charge is 0.399 e. The van der Waals surface area contributed by atoms with Crippen molar-refractivity contribution in [2.24, 2.45) is 0 Å². The number of hydrogen-bond acceptors (Lipinski definition) is 2. The fourth-order valence-corrected chi connectivity index (χ4v) is 0. The van der Waals surface area contributed by atoms with E-state index in [4.69, 9.17) is 9.79 Å². The average Bonchev–Trinajstić information content (AvgIpc) is 1.35. The highest BCUT2D eigenvalue weighted by Crippen LogP contribution is 2.52. The van der Waals surface area contributed by atoms with Crippen molar-refractivity contribution >= 4 is 28.1 Å². The van der Waals surface area contributed by atoms with E-state index in [9.17, 15) is 4.57 Å². The van der Waals surface area contributed by atoms with Crippen molar-refractivity contribution in [3.05, 3.63) is 0 Å². The van der Waals surface area contributed by atoms with Crippen molar-refractivity contribution in [3.8, 4) is 0 Å². The van der Waals surface area contributed by atoms with E-state index in [0.29, 0.717) is 0 Å². The number of halogens is 1. The second kappa shape index (κ2) is 2.19. The predicted octanol–water partition coefficient (Wildman–Crippen LogP) is 0.966. The van der Waals surface area contributed by atoms with Gasteiger partial charge in [-0.2, -0.15) is 0 Å². The monoisotopic (exact) mass is 148 g/mol. The van der Waals surface area contributed by atoms with Gasteiger partial charge in [-0.25, -0.2) is 4.57 Å². The van der Waals surface area contributed by atoms with Gasteiger partial charge >= 0.3 is 6.80 Å². The lowest BCUT2D eigenvalue weighted by Gasteiger charge is -1.89. The molecule has 0 aliphatic carbocycles. The molecule has 0 atom stereocenters. The van der Waals surface area contributed by atoms with Gasteiger partial charge in [-0.1, -0.05) is 0 Å². The predicted molar refractivity (Wildman–Crippen MR) is 25.5 cm³/mol. The van der Waals surface area contributed by atoms with Gasteiger partial charge in [0.05, 0.1) is 10.6 Å². The van der Waals surface area contributed by atoms with Gasteiger partial charge in [0.2, 0.25) is 0 Å². The van der Waals surface area contributed by atoms with E-state index < -0.39 is 6.80 Å². The zero-order valence-electron chi connectivity index (χ0n) is 2.54. The van der Waals surface area contributed by atoms with Crippen molar-refractivity contribution in [1.29, 1.82) is 0 Å². The summed E-state index contributed by atoms with van der Waals surface area (Å²) >= 11 is 0. The summed E-state index contributed by atoms with van der Waals surface area (Å²) in [6.07, 6.45) is 0. The van der Waals surface area contributed by atoms with E-state index in [1.165, 1.54) is 0 Å². The van der Waals surface area contributed by atoms with Gasteiger partial charge in [0.25, 0.3) is 0 Å². The molecule has 0 bridgehead atoms. The molecule has 0 radical (unpaired) electrons. The molecule has 38 valence electrons. The van der Waals surface area contributed by atoms with Crippen LogP contribution in [0.3, 0.4) is 0 Å². The van der Waals surface area contributed by atoms with Crippen molar-refractivity contribution in [1.82, 2.24) is 0 Å². The normalized spacial score (nSPS) is 11.8. The van der Waals surface area contributed by atoms with Crippen LogP contribution in [0.25, 0.3) is 0 Å². The van der Waals surface area contributed by atoms with Gasteiger partial charge in [0.1, 0.15) is 0 Å². The molecule has 0 spiro atoms. The summed E-state index contributed by atoms with van der Waals surface area (Å²) in [7, 11) is 4.65. The van der Waals surface area contributed by atoms with Crippen LogP contribution in [-0.4, -0.2) is 9.79 Å². The molecule has 0 amide bonds. The maximum Gasteiger partial charge on any atom is 0.399 e. The molecule has 0 aromatic rings. The Morgan fingerprint density at radius 2 is 1.83 bits per heavy atom. The molecule has 0 unspecified atom stereocenters. The molecule has 0 aliphatic rings. The highest BCUT2D eigenvalue weighted by atomic mass is 35.7. The third kappa shape index (κ3) is 4.79.